The van der Waals surface area contributed by atoms with E-state index in [9.17, 15) is 20.0 Å². The number of phenolic OH excluding ortho intramolecular Hbond substituents is 1. The first-order chi connectivity index (χ1) is 16.4. The van der Waals surface area contributed by atoms with Gasteiger partial charge >= 0.3 is 0 Å². The molecule has 0 aliphatic heterocycles. The largest absolute Gasteiger partial charge is 0.504 e. The van der Waals surface area contributed by atoms with Crippen LogP contribution in [0.4, 0.5) is 17.1 Å². The van der Waals surface area contributed by atoms with Crippen molar-refractivity contribution < 1.29 is 28.7 Å². The van der Waals surface area contributed by atoms with E-state index in [1.807, 2.05) is 18.2 Å². The van der Waals surface area contributed by atoms with E-state index in [1.54, 1.807) is 30.3 Å². The fourth-order valence-electron chi connectivity index (χ4n) is 3.26. The van der Waals surface area contributed by atoms with Crippen LogP contribution in [0, 0.1) is 10.1 Å². The summed E-state index contributed by atoms with van der Waals surface area (Å²) in [6, 6.07) is 16.0. The van der Waals surface area contributed by atoms with Gasteiger partial charge in [-0.15, -0.1) is 0 Å². The number of non-ortho nitro benzene ring substituents is 1. The first-order valence-electron chi connectivity index (χ1n) is 9.97. The molecule has 2 N–H and O–H groups in total. The predicted molar refractivity (Wildman–Crippen MR) is 126 cm³/mol. The zero-order valence-electron chi connectivity index (χ0n) is 18.1. The lowest BCUT2D eigenvalue weighted by atomic mass is 10.1. The Balaban J connectivity index is 1.58. The van der Waals surface area contributed by atoms with Crippen LogP contribution in [0.5, 0.6) is 17.2 Å². The molecule has 1 amide bonds. The van der Waals surface area contributed by atoms with Crippen LogP contribution >= 0.6 is 0 Å². The van der Waals surface area contributed by atoms with E-state index in [0.717, 1.165) is 11.5 Å². The summed E-state index contributed by atoms with van der Waals surface area (Å²) in [5, 5.41) is 24.9. The number of amides is 1. The van der Waals surface area contributed by atoms with Crippen molar-refractivity contribution in [2.24, 2.45) is 4.99 Å². The van der Waals surface area contributed by atoms with Gasteiger partial charge in [-0.25, -0.2) is 0 Å². The van der Waals surface area contributed by atoms with E-state index in [-0.39, 0.29) is 28.5 Å². The van der Waals surface area contributed by atoms with Gasteiger partial charge in [0.15, 0.2) is 17.3 Å². The summed E-state index contributed by atoms with van der Waals surface area (Å²) in [6.07, 6.45) is 1.27. The van der Waals surface area contributed by atoms with Crippen molar-refractivity contribution in [1.29, 1.82) is 0 Å². The molecule has 10 nitrogen and oxygen atoms in total. The number of furan rings is 1. The Kier molecular flexibility index (Phi) is 6.13. The molecular formula is C24H19N3O7. The minimum atomic E-state index is -0.595. The van der Waals surface area contributed by atoms with E-state index in [2.05, 4.69) is 10.3 Å². The summed E-state index contributed by atoms with van der Waals surface area (Å²) in [5.74, 6) is -0.282. The number of para-hydroxylation sites is 1. The number of rotatable bonds is 7. The topological polar surface area (TPSA) is 136 Å². The van der Waals surface area contributed by atoms with Crippen molar-refractivity contribution in [3.05, 3.63) is 82.1 Å². The monoisotopic (exact) mass is 461 g/mol. The molecule has 172 valence electrons. The lowest BCUT2D eigenvalue weighted by molar-refractivity contribution is -0.385. The van der Waals surface area contributed by atoms with Crippen molar-refractivity contribution in [2.75, 3.05) is 19.5 Å². The SMILES string of the molecule is COc1cc(N=Cc2cc([N+](=O)[O-])cc(OC)c2O)ccc1NC(=O)c1cc2ccccc2o1. The molecule has 0 saturated heterocycles. The lowest BCUT2D eigenvalue weighted by Crippen LogP contribution is -2.11. The fraction of sp³-hybridized carbons (Fsp3) is 0.0833. The van der Waals surface area contributed by atoms with Gasteiger partial charge in [0.25, 0.3) is 11.6 Å². The number of hydrogen-bond acceptors (Lipinski definition) is 8. The van der Waals surface area contributed by atoms with Crippen molar-refractivity contribution in [3.63, 3.8) is 0 Å². The molecule has 3 aromatic carbocycles. The van der Waals surface area contributed by atoms with Gasteiger partial charge in [-0.1, -0.05) is 18.2 Å². The second-order valence-electron chi connectivity index (χ2n) is 7.09. The van der Waals surface area contributed by atoms with Crippen molar-refractivity contribution >= 4 is 40.2 Å². The first kappa shape index (κ1) is 22.3. The van der Waals surface area contributed by atoms with E-state index in [1.165, 1.54) is 26.5 Å². The molecule has 0 atom stereocenters. The number of nitrogens with zero attached hydrogens (tertiary/aromatic N) is 2. The van der Waals surface area contributed by atoms with Crippen LogP contribution in [-0.4, -0.2) is 36.4 Å². The number of aliphatic imine (C=N–C) groups is 1. The van der Waals surface area contributed by atoms with Gasteiger partial charge in [0.2, 0.25) is 0 Å². The van der Waals surface area contributed by atoms with Crippen LogP contribution < -0.4 is 14.8 Å². The standard InChI is InChI=1S/C24H19N3O7/c1-32-20-11-16(25-13-15-9-17(27(30)31)12-21(33-2)23(15)28)7-8-18(20)26-24(29)22-10-14-5-3-4-6-19(14)34-22/h3-13,28H,1-2H3,(H,26,29). The molecule has 0 saturated carbocycles. The number of carbonyl (C=O) groups is 1. The number of nitrogens with one attached hydrogen (secondary N) is 1. The second kappa shape index (κ2) is 9.33. The number of fused-ring (bicyclic) bond motifs is 1. The molecular weight excluding hydrogens is 442 g/mol. The molecule has 1 aromatic heterocycles. The molecule has 4 rings (SSSR count). The number of nitro benzene ring substituents is 1. The molecule has 0 unspecified atom stereocenters. The Labute approximate surface area is 193 Å². The minimum absolute atomic E-state index is 0.0446. The maximum Gasteiger partial charge on any atom is 0.291 e. The van der Waals surface area contributed by atoms with E-state index >= 15 is 0 Å². The predicted octanol–water partition coefficient (Wildman–Crippen LogP) is 5.07. The van der Waals surface area contributed by atoms with Crippen LogP contribution in [0.15, 0.2) is 70.1 Å². The van der Waals surface area contributed by atoms with Gasteiger partial charge in [-0.05, 0) is 24.3 Å². The van der Waals surface area contributed by atoms with Crippen LogP contribution in [0.3, 0.4) is 0 Å². The maximum atomic E-state index is 12.6. The molecule has 0 fully saturated rings. The third-order valence-electron chi connectivity index (χ3n) is 4.96. The molecule has 1 heterocycles. The Morgan fingerprint density at radius 2 is 1.85 bits per heavy atom. The van der Waals surface area contributed by atoms with Crippen LogP contribution in [0.25, 0.3) is 11.0 Å². The Bertz CT molecular complexity index is 1390. The smallest absolute Gasteiger partial charge is 0.291 e. The zero-order valence-corrected chi connectivity index (χ0v) is 18.1. The summed E-state index contributed by atoms with van der Waals surface area (Å²) in [7, 11) is 2.74. The molecule has 0 bridgehead atoms. The number of ether oxygens (including phenoxy) is 2. The number of aromatic hydroxyl groups is 1. The number of anilines is 1. The Morgan fingerprint density at radius 1 is 1.09 bits per heavy atom. The van der Waals surface area contributed by atoms with Gasteiger partial charge in [-0.2, -0.15) is 0 Å². The number of hydrogen-bond donors (Lipinski definition) is 2. The van der Waals surface area contributed by atoms with E-state index in [0.29, 0.717) is 22.7 Å². The fourth-order valence-corrected chi connectivity index (χ4v) is 3.26. The zero-order chi connectivity index (χ0) is 24.2. The minimum Gasteiger partial charge on any atom is -0.504 e. The van der Waals surface area contributed by atoms with Crippen molar-refractivity contribution in [3.8, 4) is 17.2 Å². The van der Waals surface area contributed by atoms with Gasteiger partial charge < -0.3 is 24.3 Å². The first-order valence-corrected chi connectivity index (χ1v) is 9.97. The molecule has 0 radical (unpaired) electrons. The van der Waals surface area contributed by atoms with Gasteiger partial charge in [0.05, 0.1) is 36.6 Å². The molecule has 34 heavy (non-hydrogen) atoms. The third-order valence-corrected chi connectivity index (χ3v) is 4.96. The highest BCUT2D eigenvalue weighted by Crippen LogP contribution is 2.35. The summed E-state index contributed by atoms with van der Waals surface area (Å²) in [6.45, 7) is 0. The van der Waals surface area contributed by atoms with Gasteiger partial charge in [0, 0.05) is 29.3 Å². The number of phenols is 1. The van der Waals surface area contributed by atoms with Crippen LogP contribution in [-0.2, 0) is 0 Å². The Morgan fingerprint density at radius 3 is 2.56 bits per heavy atom. The number of methoxy groups -OCH3 is 2. The Hall–Kier alpha value is -4.86. The van der Waals surface area contributed by atoms with Gasteiger partial charge in [0.1, 0.15) is 11.3 Å². The average Bonchev–Trinajstić information content (AvgIpc) is 3.28. The number of benzene rings is 3. The average molecular weight is 461 g/mol. The normalized spacial score (nSPS) is 11.0. The summed E-state index contributed by atoms with van der Waals surface area (Å²) < 4.78 is 15.9. The summed E-state index contributed by atoms with van der Waals surface area (Å²) in [4.78, 5) is 27.4. The molecule has 10 heteroatoms. The molecule has 4 aromatic rings. The molecule has 0 aliphatic carbocycles. The highest BCUT2D eigenvalue weighted by molar-refractivity contribution is 6.05. The van der Waals surface area contributed by atoms with Crippen molar-refractivity contribution in [2.45, 2.75) is 0 Å². The molecule has 0 spiro atoms. The van der Waals surface area contributed by atoms with Crippen molar-refractivity contribution in [1.82, 2.24) is 0 Å². The maximum absolute atomic E-state index is 12.6. The number of carbonyl (C=O) groups excluding carboxylic acids is 1. The second-order valence-corrected chi connectivity index (χ2v) is 7.09. The number of nitro groups is 1. The summed E-state index contributed by atoms with van der Waals surface area (Å²) in [5.41, 5.74) is 1.27. The van der Waals surface area contributed by atoms with Gasteiger partial charge in [-0.3, -0.25) is 19.9 Å². The third kappa shape index (κ3) is 4.51. The highest BCUT2D eigenvalue weighted by Gasteiger charge is 2.17. The van der Waals surface area contributed by atoms with E-state index in [4.69, 9.17) is 13.9 Å². The van der Waals surface area contributed by atoms with Crippen LogP contribution in [0.1, 0.15) is 16.1 Å². The summed E-state index contributed by atoms with van der Waals surface area (Å²) >= 11 is 0. The lowest BCUT2D eigenvalue weighted by Gasteiger charge is -2.10. The highest BCUT2D eigenvalue weighted by atomic mass is 16.6. The van der Waals surface area contributed by atoms with Crippen LogP contribution in [0.2, 0.25) is 0 Å². The van der Waals surface area contributed by atoms with E-state index < -0.39 is 10.8 Å². The molecule has 0 aliphatic rings. The quantitative estimate of drug-likeness (QED) is 0.223.